The first-order valence-corrected chi connectivity index (χ1v) is 27.1. The molecule has 3 N–H and O–H groups in total. The van der Waals surface area contributed by atoms with Crippen LogP contribution in [-0.2, 0) is 4.74 Å². The van der Waals surface area contributed by atoms with E-state index in [9.17, 15) is 0 Å². The summed E-state index contributed by atoms with van der Waals surface area (Å²) < 4.78 is 13.1. The van der Waals surface area contributed by atoms with Crippen molar-refractivity contribution in [3.05, 3.63) is 296 Å². The van der Waals surface area contributed by atoms with Gasteiger partial charge in [-0.3, -0.25) is 11.1 Å². The number of benzene rings is 12. The minimum absolute atomic E-state index is 0.0379. The lowest BCUT2D eigenvalue weighted by Gasteiger charge is -2.16. The second-order valence-corrected chi connectivity index (χ2v) is 20.6. The maximum absolute atomic E-state index is 8.55. The van der Waals surface area contributed by atoms with Crippen LogP contribution in [0.25, 0.3) is 127 Å². The monoisotopic (exact) mass is 1030 g/mol. The van der Waals surface area contributed by atoms with Crippen molar-refractivity contribution in [3.63, 3.8) is 0 Å². The van der Waals surface area contributed by atoms with Gasteiger partial charge in [0.1, 0.15) is 0 Å². The molecule has 15 aromatic rings. The fourth-order valence-corrected chi connectivity index (χ4v) is 12.1. The van der Waals surface area contributed by atoms with Gasteiger partial charge in [-0.25, -0.2) is 0 Å². The SMILES string of the molecule is N=C(OC(N)c1ccc(-n2c3ccc(-c4ccccc4)cc3c3cc(-c4ccc5c(c4)c4cc(-c6ccccc6)ccc4n5-c4ccc5c(c4)c4cc(-c6ccccc6)ccc4n5-c4ccccc4)ccc32)cc1)c1ccccc1. The van der Waals surface area contributed by atoms with E-state index in [1.807, 2.05) is 42.5 Å². The van der Waals surface area contributed by atoms with E-state index in [-0.39, 0.29) is 5.90 Å². The molecule has 80 heavy (non-hydrogen) atoms. The standard InChI is InChI=1S/C74H51N5O/c75-73(51-22-12-4-13-23-51)80-74(76)52-26-33-59(34-27-52)78-67-36-28-53(48-16-6-1-7-17-48)42-61(67)63-45-56(31-39-68(63)78)57-32-40-71-64(46-57)62-43-54(49-18-8-2-9-19-49)30-38-70(62)79(71)60-35-41-72-66(47-60)65-44-55(50-20-10-3-11-21-50)29-37-69(65)77(72)58-24-14-5-15-25-58/h1-47,74-75H,76H2. The Morgan fingerprint density at radius 3 is 0.963 bits per heavy atom. The van der Waals surface area contributed by atoms with Crippen LogP contribution in [0.3, 0.4) is 0 Å². The second-order valence-electron chi connectivity index (χ2n) is 20.6. The molecule has 0 amide bonds. The number of fused-ring (bicyclic) bond motifs is 9. The Morgan fingerprint density at radius 2 is 0.575 bits per heavy atom. The van der Waals surface area contributed by atoms with Crippen LogP contribution in [0, 0.1) is 5.41 Å². The number of aromatic nitrogens is 3. The zero-order valence-electron chi connectivity index (χ0n) is 43.5. The number of ether oxygens (including phenoxy) is 1. The molecule has 6 heteroatoms. The first-order chi connectivity index (χ1) is 39.5. The Hall–Kier alpha value is -10.5. The molecular weight excluding hydrogens is 975 g/mol. The molecule has 0 aliphatic heterocycles. The van der Waals surface area contributed by atoms with Crippen LogP contribution in [0.5, 0.6) is 0 Å². The average Bonchev–Trinajstić information content (AvgIpc) is 4.38. The van der Waals surface area contributed by atoms with E-state index in [1.165, 1.54) is 54.9 Å². The lowest BCUT2D eigenvalue weighted by molar-refractivity contribution is 0.199. The summed E-state index contributed by atoms with van der Waals surface area (Å²) in [5.74, 6) is 0.0379. The minimum Gasteiger partial charge on any atom is -0.454 e. The van der Waals surface area contributed by atoms with Gasteiger partial charge < -0.3 is 18.4 Å². The van der Waals surface area contributed by atoms with Gasteiger partial charge in [-0.05, 0) is 160 Å². The van der Waals surface area contributed by atoms with Crippen molar-refractivity contribution in [1.29, 1.82) is 5.41 Å². The third kappa shape index (κ3) is 7.96. The van der Waals surface area contributed by atoms with Gasteiger partial charge in [0, 0.05) is 60.5 Å². The van der Waals surface area contributed by atoms with Gasteiger partial charge in [0.15, 0.2) is 6.23 Å². The zero-order valence-corrected chi connectivity index (χ0v) is 43.5. The molecule has 0 saturated carbocycles. The van der Waals surface area contributed by atoms with Gasteiger partial charge in [0.05, 0.1) is 33.1 Å². The number of nitrogens with one attached hydrogen (secondary N) is 1. The topological polar surface area (TPSA) is 73.9 Å². The van der Waals surface area contributed by atoms with E-state index >= 15 is 0 Å². The number of nitrogens with two attached hydrogens (primary N) is 1. The summed E-state index contributed by atoms with van der Waals surface area (Å²) in [6.45, 7) is 0. The first kappa shape index (κ1) is 46.7. The van der Waals surface area contributed by atoms with E-state index in [4.69, 9.17) is 15.9 Å². The maximum atomic E-state index is 8.55. The van der Waals surface area contributed by atoms with Crippen molar-refractivity contribution < 1.29 is 4.74 Å². The Kier molecular flexibility index (Phi) is 11.2. The highest BCUT2D eigenvalue weighted by Crippen LogP contribution is 2.43. The highest BCUT2D eigenvalue weighted by molar-refractivity contribution is 6.15. The van der Waals surface area contributed by atoms with Gasteiger partial charge >= 0.3 is 0 Å². The van der Waals surface area contributed by atoms with Gasteiger partial charge in [0.2, 0.25) is 5.90 Å². The summed E-state index contributed by atoms with van der Waals surface area (Å²) in [5, 5.41) is 15.6. The molecule has 3 aromatic heterocycles. The summed E-state index contributed by atoms with van der Waals surface area (Å²) >= 11 is 0. The molecular formula is C74H51N5O. The van der Waals surface area contributed by atoms with Crippen LogP contribution in [0.4, 0.5) is 0 Å². The molecule has 0 aliphatic carbocycles. The van der Waals surface area contributed by atoms with Gasteiger partial charge in [-0.2, -0.15) is 0 Å². The van der Waals surface area contributed by atoms with Crippen molar-refractivity contribution in [2.45, 2.75) is 6.23 Å². The molecule has 1 unspecified atom stereocenters. The Labute approximate surface area is 462 Å². The highest BCUT2D eigenvalue weighted by atomic mass is 16.5. The van der Waals surface area contributed by atoms with Crippen LogP contribution >= 0.6 is 0 Å². The van der Waals surface area contributed by atoms with Crippen LogP contribution in [-0.4, -0.2) is 19.6 Å². The van der Waals surface area contributed by atoms with Crippen LogP contribution in [0.2, 0.25) is 0 Å². The highest BCUT2D eigenvalue weighted by Gasteiger charge is 2.21. The summed E-state index contributed by atoms with van der Waals surface area (Å²) in [4.78, 5) is 0. The van der Waals surface area contributed by atoms with Crippen LogP contribution in [0.15, 0.2) is 285 Å². The van der Waals surface area contributed by atoms with Crippen molar-refractivity contribution in [1.82, 2.24) is 13.7 Å². The van der Waals surface area contributed by atoms with E-state index in [2.05, 4.69) is 256 Å². The van der Waals surface area contributed by atoms with Crippen LogP contribution < -0.4 is 5.73 Å². The maximum Gasteiger partial charge on any atom is 0.215 e. The first-order valence-electron chi connectivity index (χ1n) is 27.1. The predicted molar refractivity (Wildman–Crippen MR) is 332 cm³/mol. The fourth-order valence-electron chi connectivity index (χ4n) is 12.1. The number of nitrogens with zero attached hydrogens (tertiary/aromatic N) is 3. The average molecular weight is 1030 g/mol. The number of hydrogen-bond acceptors (Lipinski definition) is 3. The number of hydrogen-bond donors (Lipinski definition) is 2. The molecule has 0 fully saturated rings. The normalized spacial score (nSPS) is 12.1. The lowest BCUT2D eigenvalue weighted by Crippen LogP contribution is -2.19. The third-order valence-electron chi connectivity index (χ3n) is 16.0. The third-order valence-corrected chi connectivity index (χ3v) is 16.0. The summed E-state index contributed by atoms with van der Waals surface area (Å²) in [6, 6.07) is 102. The molecule has 0 aliphatic rings. The number of para-hydroxylation sites is 1. The van der Waals surface area contributed by atoms with Gasteiger partial charge in [-0.15, -0.1) is 0 Å². The molecule has 12 aromatic carbocycles. The summed E-state index contributed by atoms with van der Waals surface area (Å²) in [7, 11) is 0. The molecule has 1 atom stereocenters. The van der Waals surface area contributed by atoms with Crippen molar-refractivity contribution in [2.24, 2.45) is 5.73 Å². The van der Waals surface area contributed by atoms with Crippen molar-refractivity contribution in [3.8, 4) is 61.6 Å². The fraction of sp³-hybridized carbons (Fsp3) is 0.0135. The molecule has 0 radical (unpaired) electrons. The molecule has 6 nitrogen and oxygen atoms in total. The summed E-state index contributed by atoms with van der Waals surface area (Å²) in [6.07, 6.45) is -0.798. The summed E-state index contributed by atoms with van der Waals surface area (Å²) in [5.41, 5.74) is 27.4. The molecule has 0 bridgehead atoms. The molecule has 3 heterocycles. The molecule has 0 saturated heterocycles. The van der Waals surface area contributed by atoms with E-state index in [0.717, 1.165) is 77.7 Å². The molecule has 378 valence electrons. The largest absolute Gasteiger partial charge is 0.454 e. The van der Waals surface area contributed by atoms with Crippen LogP contribution in [0.1, 0.15) is 17.4 Å². The molecule has 0 spiro atoms. The van der Waals surface area contributed by atoms with Gasteiger partial charge in [0.25, 0.3) is 0 Å². The minimum atomic E-state index is -0.798. The quantitative estimate of drug-likeness (QED) is 0.0814. The van der Waals surface area contributed by atoms with Crippen molar-refractivity contribution in [2.75, 3.05) is 0 Å². The predicted octanol–water partition coefficient (Wildman–Crippen LogP) is 18.6. The van der Waals surface area contributed by atoms with Crippen molar-refractivity contribution >= 4 is 71.3 Å². The molecule has 15 rings (SSSR count). The number of rotatable bonds is 10. The Morgan fingerprint density at radius 1 is 0.287 bits per heavy atom. The van der Waals surface area contributed by atoms with E-state index in [1.54, 1.807) is 0 Å². The smallest absolute Gasteiger partial charge is 0.215 e. The van der Waals surface area contributed by atoms with E-state index in [0.29, 0.717) is 5.56 Å². The second kappa shape index (κ2) is 19.2. The van der Waals surface area contributed by atoms with E-state index < -0.39 is 6.23 Å². The Balaban J connectivity index is 0.886. The zero-order chi connectivity index (χ0) is 53.3. The van der Waals surface area contributed by atoms with Gasteiger partial charge in [-0.1, -0.05) is 170 Å². The lowest BCUT2D eigenvalue weighted by atomic mass is 9.98. The Bertz CT molecular complexity index is 4850.